The van der Waals surface area contributed by atoms with Gasteiger partial charge in [-0.1, -0.05) is 0 Å². The van der Waals surface area contributed by atoms with Gasteiger partial charge in [-0.15, -0.1) is 13.2 Å². The van der Waals surface area contributed by atoms with Crippen molar-refractivity contribution >= 4 is 0 Å². The number of rotatable bonds is 2. The van der Waals surface area contributed by atoms with Crippen LogP contribution in [0.15, 0.2) is 18.2 Å². The van der Waals surface area contributed by atoms with Gasteiger partial charge in [-0.2, -0.15) is 5.26 Å². The SMILES string of the molecule is COc1cc(C#N)ccc1OC(F)(F)F. The molecule has 0 heterocycles. The fourth-order valence-electron chi connectivity index (χ4n) is 0.946. The lowest BCUT2D eigenvalue weighted by Gasteiger charge is -2.12. The first-order chi connectivity index (χ1) is 6.96. The minimum absolute atomic E-state index is 0.133. The Kier molecular flexibility index (Phi) is 3.04. The highest BCUT2D eigenvalue weighted by atomic mass is 19.4. The molecular weight excluding hydrogens is 211 g/mol. The van der Waals surface area contributed by atoms with Gasteiger partial charge in [0.05, 0.1) is 18.7 Å². The zero-order valence-electron chi connectivity index (χ0n) is 7.63. The molecule has 0 aromatic heterocycles. The minimum atomic E-state index is -4.78. The first-order valence-electron chi connectivity index (χ1n) is 3.80. The number of hydrogen-bond acceptors (Lipinski definition) is 3. The Morgan fingerprint density at radius 1 is 1.27 bits per heavy atom. The average Bonchev–Trinajstić information content (AvgIpc) is 2.16. The first-order valence-corrected chi connectivity index (χ1v) is 3.80. The van der Waals surface area contributed by atoms with Gasteiger partial charge in [-0.05, 0) is 12.1 Å². The highest BCUT2D eigenvalue weighted by Gasteiger charge is 2.32. The molecule has 80 valence electrons. The van der Waals surface area contributed by atoms with Crippen LogP contribution in [0.4, 0.5) is 13.2 Å². The largest absolute Gasteiger partial charge is 0.573 e. The van der Waals surface area contributed by atoms with Crippen LogP contribution in [-0.2, 0) is 0 Å². The van der Waals surface area contributed by atoms with Crippen molar-refractivity contribution in [3.05, 3.63) is 23.8 Å². The number of benzene rings is 1. The normalized spacial score (nSPS) is 10.6. The number of nitrogens with zero attached hydrogens (tertiary/aromatic N) is 1. The highest BCUT2D eigenvalue weighted by Crippen LogP contribution is 2.32. The second-order valence-electron chi connectivity index (χ2n) is 2.53. The van der Waals surface area contributed by atoms with Gasteiger partial charge >= 0.3 is 6.36 Å². The van der Waals surface area contributed by atoms with Gasteiger partial charge in [0.15, 0.2) is 11.5 Å². The van der Waals surface area contributed by atoms with Crippen molar-refractivity contribution in [2.45, 2.75) is 6.36 Å². The van der Waals surface area contributed by atoms with E-state index in [0.717, 1.165) is 6.07 Å². The van der Waals surface area contributed by atoms with E-state index >= 15 is 0 Å². The Bertz CT molecular complexity index is 395. The molecule has 0 amide bonds. The number of methoxy groups -OCH3 is 1. The number of nitriles is 1. The van der Waals surface area contributed by atoms with Crippen molar-refractivity contribution in [3.8, 4) is 17.6 Å². The van der Waals surface area contributed by atoms with E-state index in [1.165, 1.54) is 19.2 Å². The van der Waals surface area contributed by atoms with Crippen LogP contribution in [-0.4, -0.2) is 13.5 Å². The van der Waals surface area contributed by atoms with Gasteiger partial charge in [-0.3, -0.25) is 0 Å². The number of alkyl halides is 3. The summed E-state index contributed by atoms with van der Waals surface area (Å²) >= 11 is 0. The summed E-state index contributed by atoms with van der Waals surface area (Å²) in [5.74, 6) is -0.602. The second-order valence-corrected chi connectivity index (χ2v) is 2.53. The predicted octanol–water partition coefficient (Wildman–Crippen LogP) is 2.47. The molecule has 0 spiro atoms. The quantitative estimate of drug-likeness (QED) is 0.764. The van der Waals surface area contributed by atoms with Crippen LogP contribution in [0.3, 0.4) is 0 Å². The van der Waals surface area contributed by atoms with Crippen molar-refractivity contribution < 1.29 is 22.6 Å². The Morgan fingerprint density at radius 3 is 2.40 bits per heavy atom. The van der Waals surface area contributed by atoms with Gasteiger partial charge < -0.3 is 9.47 Å². The van der Waals surface area contributed by atoms with E-state index in [-0.39, 0.29) is 11.3 Å². The molecule has 0 bridgehead atoms. The van der Waals surface area contributed by atoms with Crippen LogP contribution < -0.4 is 9.47 Å². The van der Waals surface area contributed by atoms with Crippen LogP contribution in [0, 0.1) is 11.3 Å². The third-order valence-corrected chi connectivity index (χ3v) is 1.52. The molecule has 0 saturated carbocycles. The fourth-order valence-corrected chi connectivity index (χ4v) is 0.946. The molecule has 3 nitrogen and oxygen atoms in total. The molecule has 0 aliphatic carbocycles. The summed E-state index contributed by atoms with van der Waals surface area (Å²) < 4.78 is 44.0. The molecule has 0 N–H and O–H groups in total. The zero-order chi connectivity index (χ0) is 11.5. The zero-order valence-corrected chi connectivity index (χ0v) is 7.63. The monoisotopic (exact) mass is 217 g/mol. The third kappa shape index (κ3) is 3.06. The number of ether oxygens (including phenoxy) is 2. The lowest BCUT2D eigenvalue weighted by atomic mass is 10.2. The smallest absolute Gasteiger partial charge is 0.493 e. The van der Waals surface area contributed by atoms with E-state index in [9.17, 15) is 13.2 Å². The van der Waals surface area contributed by atoms with Crippen molar-refractivity contribution in [1.29, 1.82) is 5.26 Å². The highest BCUT2D eigenvalue weighted by molar-refractivity contribution is 5.46. The molecule has 0 radical (unpaired) electrons. The van der Waals surface area contributed by atoms with Gasteiger partial charge in [-0.25, -0.2) is 0 Å². The molecule has 0 aliphatic heterocycles. The summed E-state index contributed by atoms with van der Waals surface area (Å²) in [6, 6.07) is 5.19. The lowest BCUT2D eigenvalue weighted by molar-refractivity contribution is -0.275. The molecule has 0 unspecified atom stereocenters. The standard InChI is InChI=1S/C9H6F3NO2/c1-14-8-4-6(5-13)2-3-7(8)15-9(10,11)12/h2-4H,1H3. The summed E-state index contributed by atoms with van der Waals surface area (Å²) in [6.07, 6.45) is -4.78. The summed E-state index contributed by atoms with van der Waals surface area (Å²) in [6.45, 7) is 0. The van der Waals surface area contributed by atoms with E-state index in [1.807, 2.05) is 0 Å². The molecule has 15 heavy (non-hydrogen) atoms. The van der Waals surface area contributed by atoms with Crippen LogP contribution in [0.5, 0.6) is 11.5 Å². The molecular formula is C9H6F3NO2. The van der Waals surface area contributed by atoms with Crippen LogP contribution in [0.25, 0.3) is 0 Å². The van der Waals surface area contributed by atoms with Crippen LogP contribution in [0.2, 0.25) is 0 Å². The van der Waals surface area contributed by atoms with Crippen LogP contribution >= 0.6 is 0 Å². The molecule has 0 saturated heterocycles. The Labute approximate surface area is 83.6 Å². The second kappa shape index (κ2) is 4.09. The Balaban J connectivity index is 3.04. The van der Waals surface area contributed by atoms with E-state index in [1.54, 1.807) is 6.07 Å². The summed E-state index contributed by atoms with van der Waals surface area (Å²) in [7, 11) is 1.19. The van der Waals surface area contributed by atoms with E-state index in [0.29, 0.717) is 0 Å². The molecule has 1 aromatic rings. The first kappa shape index (κ1) is 11.2. The van der Waals surface area contributed by atoms with Crippen molar-refractivity contribution in [1.82, 2.24) is 0 Å². The molecule has 0 fully saturated rings. The maximum Gasteiger partial charge on any atom is 0.573 e. The van der Waals surface area contributed by atoms with E-state index in [4.69, 9.17) is 5.26 Å². The molecule has 1 rings (SSSR count). The summed E-state index contributed by atoms with van der Waals surface area (Å²) in [5.41, 5.74) is 0.196. The predicted molar refractivity (Wildman–Crippen MR) is 44.4 cm³/mol. The topological polar surface area (TPSA) is 42.2 Å². The maximum absolute atomic E-state index is 11.9. The fraction of sp³-hybridized carbons (Fsp3) is 0.222. The molecule has 6 heteroatoms. The molecule has 1 aromatic carbocycles. The Hall–Kier alpha value is -1.90. The minimum Gasteiger partial charge on any atom is -0.493 e. The van der Waals surface area contributed by atoms with Gasteiger partial charge in [0, 0.05) is 6.07 Å². The number of halogens is 3. The third-order valence-electron chi connectivity index (χ3n) is 1.52. The van der Waals surface area contributed by atoms with Crippen molar-refractivity contribution in [2.75, 3.05) is 7.11 Å². The maximum atomic E-state index is 11.9. The van der Waals surface area contributed by atoms with Gasteiger partial charge in [0.2, 0.25) is 0 Å². The average molecular weight is 217 g/mol. The number of hydrogen-bond donors (Lipinski definition) is 0. The summed E-state index contributed by atoms with van der Waals surface area (Å²) in [5, 5.41) is 8.51. The van der Waals surface area contributed by atoms with Gasteiger partial charge in [0.1, 0.15) is 0 Å². The summed E-state index contributed by atoms with van der Waals surface area (Å²) in [4.78, 5) is 0. The Morgan fingerprint density at radius 2 is 1.93 bits per heavy atom. The molecule has 0 aliphatic rings. The van der Waals surface area contributed by atoms with Gasteiger partial charge in [0.25, 0.3) is 0 Å². The lowest BCUT2D eigenvalue weighted by Crippen LogP contribution is -2.17. The van der Waals surface area contributed by atoms with Crippen molar-refractivity contribution in [2.24, 2.45) is 0 Å². The molecule has 0 atom stereocenters. The van der Waals surface area contributed by atoms with Crippen molar-refractivity contribution in [3.63, 3.8) is 0 Å². The van der Waals surface area contributed by atoms with E-state index in [2.05, 4.69) is 9.47 Å². The van der Waals surface area contributed by atoms with E-state index < -0.39 is 12.1 Å². The van der Waals surface area contributed by atoms with Crippen LogP contribution in [0.1, 0.15) is 5.56 Å².